The molecule has 2 aromatic heterocycles. The zero-order valence-corrected chi connectivity index (χ0v) is 20.0. The van der Waals surface area contributed by atoms with Gasteiger partial charge >= 0.3 is 6.09 Å². The first-order valence-corrected chi connectivity index (χ1v) is 11.8. The highest BCUT2D eigenvalue weighted by atomic mass is 19.1. The summed E-state index contributed by atoms with van der Waals surface area (Å²) in [5, 5.41) is 1.02. The highest BCUT2D eigenvalue weighted by Gasteiger charge is 2.34. The molecule has 2 fully saturated rings. The molecule has 0 N–H and O–H groups in total. The SMILES string of the molecule is CC1CN(c2nccc3c2c(C2CC2)cn3-c2cc(F)cc(F)c2)CCN1C(=O)OC(C)(C)C. The van der Waals surface area contributed by atoms with Crippen molar-refractivity contribution in [1.29, 1.82) is 0 Å². The number of halogens is 2. The molecule has 1 saturated heterocycles. The number of hydrogen-bond acceptors (Lipinski definition) is 4. The molecule has 34 heavy (non-hydrogen) atoms. The Balaban J connectivity index is 1.50. The van der Waals surface area contributed by atoms with Crippen molar-refractivity contribution < 1.29 is 18.3 Å². The normalized spacial score (nSPS) is 19.1. The van der Waals surface area contributed by atoms with Gasteiger partial charge in [-0.1, -0.05) is 0 Å². The van der Waals surface area contributed by atoms with E-state index in [9.17, 15) is 13.6 Å². The average Bonchev–Trinajstić information content (AvgIpc) is 3.51. The quantitative estimate of drug-likeness (QED) is 0.500. The number of rotatable bonds is 3. The molecule has 3 aromatic rings. The summed E-state index contributed by atoms with van der Waals surface area (Å²) in [7, 11) is 0. The fraction of sp³-hybridized carbons (Fsp3) is 0.462. The number of carbonyl (C=O) groups is 1. The van der Waals surface area contributed by atoms with Crippen LogP contribution in [0.2, 0.25) is 0 Å². The summed E-state index contributed by atoms with van der Waals surface area (Å²) in [4.78, 5) is 21.4. The number of aromatic nitrogens is 2. The molecule has 0 radical (unpaired) electrons. The van der Waals surface area contributed by atoms with Crippen LogP contribution in [0.3, 0.4) is 0 Å². The van der Waals surface area contributed by atoms with Gasteiger partial charge in [-0.3, -0.25) is 0 Å². The Morgan fingerprint density at radius 3 is 2.44 bits per heavy atom. The van der Waals surface area contributed by atoms with E-state index < -0.39 is 17.2 Å². The van der Waals surface area contributed by atoms with Crippen molar-refractivity contribution in [2.75, 3.05) is 24.5 Å². The number of amides is 1. The van der Waals surface area contributed by atoms with E-state index in [1.54, 1.807) is 11.1 Å². The lowest BCUT2D eigenvalue weighted by Gasteiger charge is -2.41. The first-order chi connectivity index (χ1) is 16.1. The van der Waals surface area contributed by atoms with Crippen molar-refractivity contribution in [2.24, 2.45) is 0 Å². The number of benzene rings is 1. The molecule has 180 valence electrons. The monoisotopic (exact) mass is 468 g/mol. The molecule has 5 rings (SSSR count). The van der Waals surface area contributed by atoms with Crippen molar-refractivity contribution in [2.45, 2.75) is 58.1 Å². The Morgan fingerprint density at radius 1 is 1.12 bits per heavy atom. The van der Waals surface area contributed by atoms with Crippen molar-refractivity contribution >= 4 is 22.8 Å². The lowest BCUT2D eigenvalue weighted by atomic mass is 10.1. The van der Waals surface area contributed by atoms with E-state index in [0.717, 1.165) is 41.2 Å². The van der Waals surface area contributed by atoms with E-state index in [0.29, 0.717) is 31.2 Å². The molecule has 1 unspecified atom stereocenters. The standard InChI is InChI=1S/C26H30F2N4O2/c1-16-14-30(9-10-31(16)25(33)34-26(2,3)4)24-23-21(17-5-6-17)15-32(22(23)7-8-29-24)20-12-18(27)11-19(28)13-20/h7-8,11-13,15-17H,5-6,9-10,14H2,1-4H3. The Labute approximate surface area is 198 Å². The molecule has 3 heterocycles. The minimum atomic E-state index is -0.605. The number of pyridine rings is 1. The molecule has 1 aliphatic heterocycles. The predicted molar refractivity (Wildman–Crippen MR) is 128 cm³/mol. The van der Waals surface area contributed by atoms with E-state index in [4.69, 9.17) is 9.72 Å². The Kier molecular flexibility index (Phi) is 5.49. The second kappa shape index (κ2) is 8.25. The van der Waals surface area contributed by atoms with Crippen molar-refractivity contribution in [3.05, 3.63) is 53.9 Å². The molecule has 1 aromatic carbocycles. The number of nitrogens with zero attached hydrogens (tertiary/aromatic N) is 4. The lowest BCUT2D eigenvalue weighted by Crippen LogP contribution is -2.55. The molecule has 1 saturated carbocycles. The maximum absolute atomic E-state index is 14.0. The second-order valence-corrected chi connectivity index (χ2v) is 10.4. The fourth-order valence-corrected chi connectivity index (χ4v) is 4.77. The zero-order chi connectivity index (χ0) is 24.2. The molecule has 6 nitrogen and oxygen atoms in total. The maximum atomic E-state index is 14.0. The largest absolute Gasteiger partial charge is 0.444 e. The molecule has 1 amide bonds. The van der Waals surface area contributed by atoms with Crippen LogP contribution >= 0.6 is 0 Å². The van der Waals surface area contributed by atoms with Crippen LogP contribution in [-0.4, -0.2) is 51.8 Å². The van der Waals surface area contributed by atoms with Crippen LogP contribution in [0, 0.1) is 11.6 Å². The Hall–Kier alpha value is -3.16. The summed E-state index contributed by atoms with van der Waals surface area (Å²) in [6, 6.07) is 5.43. The minimum Gasteiger partial charge on any atom is -0.444 e. The molecule has 0 bridgehead atoms. The number of anilines is 1. The molecule has 1 aliphatic carbocycles. The average molecular weight is 469 g/mol. The summed E-state index contributed by atoms with van der Waals surface area (Å²) >= 11 is 0. The van der Waals surface area contributed by atoms with Gasteiger partial charge in [0.25, 0.3) is 0 Å². The fourth-order valence-electron chi connectivity index (χ4n) is 4.77. The van der Waals surface area contributed by atoms with Gasteiger partial charge in [0.05, 0.1) is 11.2 Å². The number of piperazine rings is 1. The molecule has 0 spiro atoms. The second-order valence-electron chi connectivity index (χ2n) is 10.4. The topological polar surface area (TPSA) is 50.6 Å². The smallest absolute Gasteiger partial charge is 0.410 e. The van der Waals surface area contributed by atoms with E-state index in [-0.39, 0.29) is 12.1 Å². The van der Waals surface area contributed by atoms with Crippen LogP contribution in [0.15, 0.2) is 36.7 Å². The van der Waals surface area contributed by atoms with Crippen LogP contribution in [0.1, 0.15) is 52.0 Å². The summed E-state index contributed by atoms with van der Waals surface area (Å²) < 4.78 is 35.4. The Bertz CT molecular complexity index is 1230. The highest BCUT2D eigenvalue weighted by molar-refractivity contribution is 5.95. The molecule has 1 atom stereocenters. The van der Waals surface area contributed by atoms with Crippen LogP contribution in [0.25, 0.3) is 16.6 Å². The van der Waals surface area contributed by atoms with E-state index in [2.05, 4.69) is 4.90 Å². The maximum Gasteiger partial charge on any atom is 0.410 e. The summed E-state index contributed by atoms with van der Waals surface area (Å²) in [5.41, 5.74) is 1.94. The van der Waals surface area contributed by atoms with Crippen LogP contribution in [-0.2, 0) is 4.74 Å². The van der Waals surface area contributed by atoms with Gasteiger partial charge in [-0.15, -0.1) is 0 Å². The van der Waals surface area contributed by atoms with Crippen LogP contribution in [0.4, 0.5) is 19.4 Å². The van der Waals surface area contributed by atoms with Gasteiger partial charge in [0.1, 0.15) is 23.1 Å². The highest BCUT2D eigenvalue weighted by Crippen LogP contribution is 2.46. The van der Waals surface area contributed by atoms with Crippen molar-refractivity contribution in [3.8, 4) is 5.69 Å². The third-order valence-electron chi connectivity index (χ3n) is 6.42. The van der Waals surface area contributed by atoms with Crippen molar-refractivity contribution in [1.82, 2.24) is 14.5 Å². The molecular formula is C26H30F2N4O2. The first-order valence-electron chi connectivity index (χ1n) is 11.8. The lowest BCUT2D eigenvalue weighted by molar-refractivity contribution is 0.0159. The number of carbonyl (C=O) groups excluding carboxylic acids is 1. The summed E-state index contributed by atoms with van der Waals surface area (Å²) in [6.45, 7) is 9.39. The van der Waals surface area contributed by atoms with Gasteiger partial charge in [-0.05, 0) is 70.2 Å². The van der Waals surface area contributed by atoms with Gasteiger partial charge in [0.2, 0.25) is 0 Å². The molecule has 2 aliphatic rings. The van der Waals surface area contributed by atoms with Gasteiger partial charge in [-0.25, -0.2) is 18.6 Å². The zero-order valence-electron chi connectivity index (χ0n) is 20.0. The van der Waals surface area contributed by atoms with E-state index in [1.807, 2.05) is 44.5 Å². The summed E-state index contributed by atoms with van der Waals surface area (Å²) in [6.07, 6.45) is 5.62. The number of hydrogen-bond donors (Lipinski definition) is 0. The third kappa shape index (κ3) is 4.33. The third-order valence-corrected chi connectivity index (χ3v) is 6.42. The molecule has 8 heteroatoms. The number of ether oxygens (including phenoxy) is 1. The van der Waals surface area contributed by atoms with Gasteiger partial charge in [-0.2, -0.15) is 0 Å². The number of fused-ring (bicyclic) bond motifs is 1. The van der Waals surface area contributed by atoms with E-state index >= 15 is 0 Å². The predicted octanol–water partition coefficient (Wildman–Crippen LogP) is 5.63. The van der Waals surface area contributed by atoms with Crippen LogP contribution < -0.4 is 4.90 Å². The Morgan fingerprint density at radius 2 is 1.82 bits per heavy atom. The summed E-state index contributed by atoms with van der Waals surface area (Å²) in [5.74, 6) is 0.0636. The first kappa shape index (κ1) is 22.6. The van der Waals surface area contributed by atoms with E-state index in [1.165, 1.54) is 12.1 Å². The van der Waals surface area contributed by atoms with Gasteiger partial charge < -0.3 is 19.1 Å². The molecular weight excluding hydrogens is 438 g/mol. The van der Waals surface area contributed by atoms with Gasteiger partial charge in [0.15, 0.2) is 0 Å². The van der Waals surface area contributed by atoms with Gasteiger partial charge in [0, 0.05) is 49.5 Å². The van der Waals surface area contributed by atoms with Crippen molar-refractivity contribution in [3.63, 3.8) is 0 Å². The minimum absolute atomic E-state index is 0.0515. The van der Waals surface area contributed by atoms with Crippen LogP contribution in [0.5, 0.6) is 0 Å².